The van der Waals surface area contributed by atoms with E-state index in [0.29, 0.717) is 5.82 Å². The van der Waals surface area contributed by atoms with Gasteiger partial charge in [-0.25, -0.2) is 4.68 Å². The van der Waals surface area contributed by atoms with Crippen LogP contribution in [-0.2, 0) is 5.75 Å². The Labute approximate surface area is 134 Å². The van der Waals surface area contributed by atoms with Gasteiger partial charge in [-0.05, 0) is 25.0 Å². The van der Waals surface area contributed by atoms with Crippen LogP contribution in [0.15, 0.2) is 53.7 Å². The van der Waals surface area contributed by atoms with Crippen molar-refractivity contribution < 1.29 is 0 Å². The number of thioether (sulfide) groups is 1. The van der Waals surface area contributed by atoms with Crippen molar-refractivity contribution in [3.05, 3.63) is 65.2 Å². The average molecular weight is 310 g/mol. The lowest BCUT2D eigenvalue weighted by molar-refractivity contribution is 0.849. The van der Waals surface area contributed by atoms with Crippen LogP contribution in [0.1, 0.15) is 16.7 Å². The highest BCUT2D eigenvalue weighted by atomic mass is 32.2. The molecule has 0 bridgehead atoms. The number of aryl methyl sites for hydroxylation is 2. The summed E-state index contributed by atoms with van der Waals surface area (Å²) in [6, 6.07) is 16.4. The van der Waals surface area contributed by atoms with Crippen LogP contribution >= 0.6 is 11.8 Å². The second kappa shape index (κ2) is 6.23. The minimum Gasteiger partial charge on any atom is -0.335 e. The van der Waals surface area contributed by atoms with E-state index in [1.54, 1.807) is 16.4 Å². The highest BCUT2D eigenvalue weighted by molar-refractivity contribution is 7.98. The van der Waals surface area contributed by atoms with Crippen molar-refractivity contribution >= 4 is 11.8 Å². The van der Waals surface area contributed by atoms with Gasteiger partial charge in [0.1, 0.15) is 0 Å². The molecule has 0 unspecified atom stereocenters. The van der Waals surface area contributed by atoms with Crippen molar-refractivity contribution in [2.45, 2.75) is 24.8 Å². The Morgan fingerprint density at radius 1 is 1.00 bits per heavy atom. The third-order valence-electron chi connectivity index (χ3n) is 3.59. The Bertz CT molecular complexity index is 778. The molecule has 0 radical (unpaired) electrons. The van der Waals surface area contributed by atoms with Gasteiger partial charge in [0.05, 0.1) is 0 Å². The summed E-state index contributed by atoms with van der Waals surface area (Å²) in [7, 11) is 0. The maximum absolute atomic E-state index is 6.15. The number of nitrogen functional groups attached to an aromatic ring is 1. The Hall–Kier alpha value is -2.27. The van der Waals surface area contributed by atoms with Crippen molar-refractivity contribution in [2.24, 2.45) is 0 Å². The Morgan fingerprint density at radius 3 is 2.45 bits per heavy atom. The lowest BCUT2D eigenvalue weighted by Crippen LogP contribution is -2.11. The summed E-state index contributed by atoms with van der Waals surface area (Å²) in [6.45, 7) is 4.17. The molecule has 0 aliphatic carbocycles. The summed E-state index contributed by atoms with van der Waals surface area (Å²) < 4.78 is 1.56. The monoisotopic (exact) mass is 310 g/mol. The predicted molar refractivity (Wildman–Crippen MR) is 91.1 cm³/mol. The summed E-state index contributed by atoms with van der Waals surface area (Å²) in [5.41, 5.74) is 4.74. The minimum absolute atomic E-state index is 0.687. The molecule has 0 saturated heterocycles. The summed E-state index contributed by atoms with van der Waals surface area (Å²) >= 11 is 1.60. The van der Waals surface area contributed by atoms with Crippen molar-refractivity contribution in [3.63, 3.8) is 0 Å². The molecule has 0 aliphatic heterocycles. The maximum Gasteiger partial charge on any atom is 0.210 e. The first-order valence-electron chi connectivity index (χ1n) is 7.10. The normalized spacial score (nSPS) is 10.8. The van der Waals surface area contributed by atoms with E-state index in [2.05, 4.69) is 36.2 Å². The third-order valence-corrected chi connectivity index (χ3v) is 4.58. The van der Waals surface area contributed by atoms with Crippen molar-refractivity contribution in [1.29, 1.82) is 0 Å². The van der Waals surface area contributed by atoms with Gasteiger partial charge in [-0.2, -0.15) is 0 Å². The molecule has 2 aromatic carbocycles. The van der Waals surface area contributed by atoms with Crippen LogP contribution in [-0.4, -0.2) is 14.9 Å². The first kappa shape index (κ1) is 14.7. The molecule has 0 spiro atoms. The molecule has 0 atom stereocenters. The third kappa shape index (κ3) is 2.99. The molecule has 0 aliphatic rings. The highest BCUT2D eigenvalue weighted by Gasteiger charge is 2.12. The van der Waals surface area contributed by atoms with Crippen LogP contribution in [0.2, 0.25) is 0 Å². The molecule has 3 rings (SSSR count). The van der Waals surface area contributed by atoms with Crippen LogP contribution in [0, 0.1) is 13.8 Å². The van der Waals surface area contributed by atoms with E-state index in [-0.39, 0.29) is 0 Å². The zero-order valence-corrected chi connectivity index (χ0v) is 13.5. The number of hydrogen-bond donors (Lipinski definition) is 1. The van der Waals surface area contributed by atoms with Crippen LogP contribution < -0.4 is 5.84 Å². The quantitative estimate of drug-likeness (QED) is 0.591. The fourth-order valence-electron chi connectivity index (χ4n) is 2.19. The van der Waals surface area contributed by atoms with Crippen LogP contribution in [0.5, 0.6) is 0 Å². The van der Waals surface area contributed by atoms with Gasteiger partial charge in [0.2, 0.25) is 5.16 Å². The fraction of sp³-hybridized carbons (Fsp3) is 0.176. The van der Waals surface area contributed by atoms with Gasteiger partial charge in [-0.1, -0.05) is 65.9 Å². The first-order chi connectivity index (χ1) is 10.6. The standard InChI is InChI=1S/C17H18N4S/c1-12-7-9-14(10-8-12)16-19-20-17(21(16)18)22-11-15-6-4-3-5-13(15)2/h3-10H,11,18H2,1-2H3. The second-order valence-electron chi connectivity index (χ2n) is 5.26. The number of nitrogens with zero attached hydrogens (tertiary/aromatic N) is 3. The number of aromatic nitrogens is 3. The Balaban J connectivity index is 1.79. The van der Waals surface area contributed by atoms with Crippen LogP contribution in [0.3, 0.4) is 0 Å². The number of rotatable bonds is 4. The predicted octanol–water partition coefficient (Wildman–Crippen LogP) is 3.57. The Kier molecular flexibility index (Phi) is 4.15. The van der Waals surface area contributed by atoms with Crippen LogP contribution in [0.4, 0.5) is 0 Å². The maximum atomic E-state index is 6.15. The summed E-state index contributed by atoms with van der Waals surface area (Å²) in [4.78, 5) is 0. The van der Waals surface area contributed by atoms with Gasteiger partial charge in [-0.15, -0.1) is 10.2 Å². The molecule has 4 nitrogen and oxygen atoms in total. The van der Waals surface area contributed by atoms with E-state index >= 15 is 0 Å². The van der Waals surface area contributed by atoms with Gasteiger partial charge in [0.25, 0.3) is 0 Å². The van der Waals surface area contributed by atoms with E-state index < -0.39 is 0 Å². The average Bonchev–Trinajstić information content (AvgIpc) is 2.88. The molecule has 0 amide bonds. The van der Waals surface area contributed by atoms with Gasteiger partial charge in [0.15, 0.2) is 5.82 Å². The molecule has 1 aromatic heterocycles. The number of nitrogens with two attached hydrogens (primary N) is 1. The van der Waals surface area contributed by atoms with E-state index in [0.717, 1.165) is 16.5 Å². The lowest BCUT2D eigenvalue weighted by atomic mass is 10.1. The molecule has 112 valence electrons. The van der Waals surface area contributed by atoms with E-state index in [4.69, 9.17) is 5.84 Å². The summed E-state index contributed by atoms with van der Waals surface area (Å²) in [6.07, 6.45) is 0. The molecule has 3 aromatic rings. The first-order valence-corrected chi connectivity index (χ1v) is 8.08. The van der Waals surface area contributed by atoms with Gasteiger partial charge >= 0.3 is 0 Å². The molecule has 0 saturated carbocycles. The Morgan fingerprint density at radius 2 is 1.73 bits per heavy atom. The number of benzene rings is 2. The summed E-state index contributed by atoms with van der Waals surface area (Å²) in [5.74, 6) is 7.66. The highest BCUT2D eigenvalue weighted by Crippen LogP contribution is 2.25. The van der Waals surface area contributed by atoms with Crippen molar-refractivity contribution in [3.8, 4) is 11.4 Å². The molecular weight excluding hydrogens is 292 g/mol. The van der Waals surface area contributed by atoms with E-state index in [1.807, 2.05) is 36.4 Å². The van der Waals surface area contributed by atoms with Gasteiger partial charge < -0.3 is 5.84 Å². The van der Waals surface area contributed by atoms with Gasteiger partial charge in [-0.3, -0.25) is 0 Å². The zero-order chi connectivity index (χ0) is 15.5. The molecule has 0 fully saturated rings. The molecule has 1 heterocycles. The largest absolute Gasteiger partial charge is 0.335 e. The molecular formula is C17H18N4S. The molecule has 5 heteroatoms. The van der Waals surface area contributed by atoms with Crippen LogP contribution in [0.25, 0.3) is 11.4 Å². The van der Waals surface area contributed by atoms with Crippen molar-refractivity contribution in [2.75, 3.05) is 5.84 Å². The van der Waals surface area contributed by atoms with Crippen molar-refractivity contribution in [1.82, 2.24) is 14.9 Å². The smallest absolute Gasteiger partial charge is 0.210 e. The second-order valence-corrected chi connectivity index (χ2v) is 6.20. The van der Waals surface area contributed by atoms with E-state index in [9.17, 15) is 0 Å². The fourth-order valence-corrected chi connectivity index (χ4v) is 3.12. The lowest BCUT2D eigenvalue weighted by Gasteiger charge is -2.06. The topological polar surface area (TPSA) is 56.7 Å². The SMILES string of the molecule is Cc1ccc(-c2nnc(SCc3ccccc3C)n2N)cc1. The molecule has 22 heavy (non-hydrogen) atoms. The van der Waals surface area contributed by atoms with Gasteiger partial charge in [0, 0.05) is 11.3 Å². The van der Waals surface area contributed by atoms with E-state index in [1.165, 1.54) is 16.7 Å². The number of hydrogen-bond acceptors (Lipinski definition) is 4. The summed E-state index contributed by atoms with van der Waals surface area (Å²) in [5, 5.41) is 9.15. The molecule has 2 N–H and O–H groups in total. The zero-order valence-electron chi connectivity index (χ0n) is 12.7. The minimum atomic E-state index is 0.687.